The second kappa shape index (κ2) is 8.35. The molecule has 0 bridgehead atoms. The number of benzene rings is 1. The number of carbonyl (C=O) groups excluding carboxylic acids is 1. The molecule has 0 saturated carbocycles. The van der Waals surface area contributed by atoms with Crippen molar-refractivity contribution in [1.29, 1.82) is 0 Å². The Hall–Kier alpha value is -3.67. The first-order valence-electron chi connectivity index (χ1n) is 9.21. The van der Waals surface area contributed by atoms with Gasteiger partial charge < -0.3 is 15.6 Å². The van der Waals surface area contributed by atoms with Gasteiger partial charge in [0.25, 0.3) is 5.91 Å². The van der Waals surface area contributed by atoms with Crippen molar-refractivity contribution in [3.05, 3.63) is 90.1 Å². The van der Waals surface area contributed by atoms with Gasteiger partial charge in [-0.05, 0) is 36.2 Å². The van der Waals surface area contributed by atoms with Crippen LogP contribution in [-0.4, -0.2) is 27.4 Å². The Labute approximate surface area is 163 Å². The van der Waals surface area contributed by atoms with Crippen LogP contribution in [0.5, 0.6) is 0 Å². The van der Waals surface area contributed by atoms with Gasteiger partial charge in [0.1, 0.15) is 0 Å². The van der Waals surface area contributed by atoms with Gasteiger partial charge in [-0.3, -0.25) is 14.8 Å². The second-order valence-corrected chi connectivity index (χ2v) is 6.50. The summed E-state index contributed by atoms with van der Waals surface area (Å²) < 4.78 is 0. The maximum Gasteiger partial charge on any atom is 0.253 e. The van der Waals surface area contributed by atoms with Gasteiger partial charge in [0, 0.05) is 42.2 Å². The predicted molar refractivity (Wildman–Crippen MR) is 110 cm³/mol. The number of fused-ring (bicyclic) bond motifs is 1. The highest BCUT2D eigenvalue weighted by Crippen LogP contribution is 2.18. The fourth-order valence-corrected chi connectivity index (χ4v) is 3.12. The fraction of sp³-hybridized carbons (Fsp3) is 0.136. The number of nitrogens with zero attached hydrogens (tertiary/aromatic N) is 2. The lowest BCUT2D eigenvalue weighted by Gasteiger charge is -2.08. The molecule has 140 valence electrons. The van der Waals surface area contributed by atoms with Gasteiger partial charge >= 0.3 is 0 Å². The third kappa shape index (κ3) is 4.17. The minimum atomic E-state index is -0.168. The van der Waals surface area contributed by atoms with E-state index in [1.54, 1.807) is 18.6 Å². The number of hydrogen-bond acceptors (Lipinski definition) is 4. The molecule has 0 aliphatic heterocycles. The van der Waals surface area contributed by atoms with Crippen molar-refractivity contribution in [1.82, 2.24) is 20.3 Å². The average molecular weight is 371 g/mol. The van der Waals surface area contributed by atoms with Crippen molar-refractivity contribution in [3.8, 4) is 0 Å². The molecule has 4 aromatic rings. The Morgan fingerprint density at radius 1 is 1.07 bits per heavy atom. The lowest BCUT2D eigenvalue weighted by atomic mass is 10.1. The summed E-state index contributed by atoms with van der Waals surface area (Å²) in [7, 11) is 0. The molecule has 6 nitrogen and oxygen atoms in total. The number of pyridine rings is 2. The number of anilines is 1. The largest absolute Gasteiger partial charge is 0.383 e. The molecular weight excluding hydrogens is 350 g/mol. The maximum atomic E-state index is 12.4. The molecule has 4 rings (SSSR count). The normalized spacial score (nSPS) is 10.7. The zero-order chi connectivity index (χ0) is 19.2. The van der Waals surface area contributed by atoms with Gasteiger partial charge in [0.2, 0.25) is 0 Å². The summed E-state index contributed by atoms with van der Waals surface area (Å²) in [4.78, 5) is 24.0. The second-order valence-electron chi connectivity index (χ2n) is 6.50. The summed E-state index contributed by atoms with van der Waals surface area (Å²) in [5.74, 6) is -0.168. The number of hydrogen-bond donors (Lipinski definition) is 3. The van der Waals surface area contributed by atoms with Crippen molar-refractivity contribution >= 4 is 22.5 Å². The highest BCUT2D eigenvalue weighted by Gasteiger charge is 2.08. The van der Waals surface area contributed by atoms with Gasteiger partial charge in [0.15, 0.2) is 0 Å². The van der Waals surface area contributed by atoms with E-state index in [2.05, 4.69) is 37.7 Å². The van der Waals surface area contributed by atoms with Gasteiger partial charge in [-0.1, -0.05) is 24.3 Å². The summed E-state index contributed by atoms with van der Waals surface area (Å²) in [6.45, 7) is 1.14. The molecule has 0 spiro atoms. The van der Waals surface area contributed by atoms with Crippen LogP contribution in [0.2, 0.25) is 0 Å². The van der Waals surface area contributed by atoms with Crippen LogP contribution < -0.4 is 10.6 Å². The first kappa shape index (κ1) is 17.7. The van der Waals surface area contributed by atoms with Gasteiger partial charge in [0.05, 0.1) is 23.5 Å². The van der Waals surface area contributed by atoms with E-state index in [4.69, 9.17) is 0 Å². The number of aromatic nitrogens is 3. The number of carbonyl (C=O) groups is 1. The van der Waals surface area contributed by atoms with E-state index in [9.17, 15) is 4.79 Å². The van der Waals surface area contributed by atoms with Crippen molar-refractivity contribution in [2.45, 2.75) is 13.0 Å². The number of para-hydroxylation sites is 1. The lowest BCUT2D eigenvalue weighted by molar-refractivity contribution is 0.0950. The number of rotatable bonds is 7. The molecule has 0 saturated heterocycles. The Balaban J connectivity index is 1.33. The van der Waals surface area contributed by atoms with Crippen LogP contribution >= 0.6 is 0 Å². The highest BCUT2D eigenvalue weighted by atomic mass is 16.1. The van der Waals surface area contributed by atoms with Crippen molar-refractivity contribution < 1.29 is 4.79 Å². The topological polar surface area (TPSA) is 82.7 Å². The minimum absolute atomic E-state index is 0.168. The standard InChI is InChI=1S/C22H21N5O/c28-22(27-15-18-5-3-4-9-24-18)17-11-19(14-23-12-17)25-10-8-16-13-26-21-7-2-1-6-20(16)21/h1-7,9,11-14,25-26H,8,10,15H2,(H,27,28). The van der Waals surface area contributed by atoms with E-state index in [0.717, 1.165) is 29.9 Å². The van der Waals surface area contributed by atoms with Crippen molar-refractivity contribution in [3.63, 3.8) is 0 Å². The van der Waals surface area contributed by atoms with Crippen LogP contribution in [-0.2, 0) is 13.0 Å². The predicted octanol–water partition coefficient (Wildman–Crippen LogP) is 3.54. The van der Waals surface area contributed by atoms with Crippen LogP contribution in [0.15, 0.2) is 73.3 Å². The van der Waals surface area contributed by atoms with E-state index in [0.29, 0.717) is 12.1 Å². The highest BCUT2D eigenvalue weighted by molar-refractivity contribution is 5.94. The molecule has 0 radical (unpaired) electrons. The van der Waals surface area contributed by atoms with E-state index in [1.165, 1.54) is 10.9 Å². The third-order valence-corrected chi connectivity index (χ3v) is 4.56. The van der Waals surface area contributed by atoms with E-state index < -0.39 is 0 Å². The molecule has 6 heteroatoms. The summed E-state index contributed by atoms with van der Waals surface area (Å²) in [6, 6.07) is 15.7. The van der Waals surface area contributed by atoms with E-state index in [1.807, 2.05) is 42.6 Å². The molecule has 1 amide bonds. The van der Waals surface area contributed by atoms with Crippen molar-refractivity contribution in [2.24, 2.45) is 0 Å². The van der Waals surface area contributed by atoms with Gasteiger partial charge in [-0.2, -0.15) is 0 Å². The average Bonchev–Trinajstić information content (AvgIpc) is 3.16. The first-order chi connectivity index (χ1) is 13.8. The Morgan fingerprint density at radius 2 is 1.96 bits per heavy atom. The summed E-state index contributed by atoms with van der Waals surface area (Å²) in [5.41, 5.74) is 4.57. The molecule has 1 aromatic carbocycles. The molecule has 0 atom stereocenters. The molecular formula is C22H21N5O. The number of amides is 1. The SMILES string of the molecule is O=C(NCc1ccccn1)c1cncc(NCCc2c[nH]c3ccccc23)c1. The third-order valence-electron chi connectivity index (χ3n) is 4.56. The molecule has 0 aliphatic rings. The molecule has 28 heavy (non-hydrogen) atoms. The van der Waals surface area contributed by atoms with E-state index in [-0.39, 0.29) is 5.91 Å². The van der Waals surface area contributed by atoms with Gasteiger partial charge in [-0.25, -0.2) is 0 Å². The fourth-order valence-electron chi connectivity index (χ4n) is 3.12. The molecule has 3 heterocycles. The van der Waals surface area contributed by atoms with Crippen LogP contribution in [0, 0.1) is 0 Å². The maximum absolute atomic E-state index is 12.4. The summed E-state index contributed by atoms with van der Waals surface area (Å²) in [6.07, 6.45) is 7.93. The first-order valence-corrected chi connectivity index (χ1v) is 9.21. The molecule has 3 N–H and O–H groups in total. The number of H-pyrrole nitrogens is 1. The van der Waals surface area contributed by atoms with Crippen LogP contribution in [0.4, 0.5) is 5.69 Å². The Morgan fingerprint density at radius 3 is 2.86 bits per heavy atom. The molecule has 0 fully saturated rings. The summed E-state index contributed by atoms with van der Waals surface area (Å²) in [5, 5.41) is 7.46. The van der Waals surface area contributed by atoms with Crippen LogP contribution in [0.25, 0.3) is 10.9 Å². The zero-order valence-corrected chi connectivity index (χ0v) is 15.4. The number of nitrogens with one attached hydrogen (secondary N) is 3. The van der Waals surface area contributed by atoms with Crippen LogP contribution in [0.3, 0.4) is 0 Å². The monoisotopic (exact) mass is 371 g/mol. The molecule has 0 unspecified atom stereocenters. The summed E-state index contributed by atoms with van der Waals surface area (Å²) >= 11 is 0. The molecule has 3 aromatic heterocycles. The smallest absolute Gasteiger partial charge is 0.253 e. The Kier molecular flexibility index (Phi) is 5.29. The van der Waals surface area contributed by atoms with E-state index >= 15 is 0 Å². The minimum Gasteiger partial charge on any atom is -0.383 e. The quantitative estimate of drug-likeness (QED) is 0.464. The zero-order valence-electron chi connectivity index (χ0n) is 15.4. The Bertz CT molecular complexity index is 1070. The number of aromatic amines is 1. The lowest BCUT2D eigenvalue weighted by Crippen LogP contribution is -2.23. The van der Waals surface area contributed by atoms with Crippen molar-refractivity contribution in [2.75, 3.05) is 11.9 Å². The van der Waals surface area contributed by atoms with Crippen LogP contribution in [0.1, 0.15) is 21.6 Å². The van der Waals surface area contributed by atoms with Gasteiger partial charge in [-0.15, -0.1) is 0 Å². The molecule has 0 aliphatic carbocycles.